The number of carbonyl (C=O) groups excluding carboxylic acids is 2. The van der Waals surface area contributed by atoms with E-state index in [1.807, 2.05) is 6.07 Å². The molecule has 1 aromatic carbocycles. The van der Waals surface area contributed by atoms with Crippen LogP contribution in [0.25, 0.3) is 0 Å². The number of benzene rings is 1. The van der Waals surface area contributed by atoms with E-state index in [-0.39, 0.29) is 0 Å². The van der Waals surface area contributed by atoms with Crippen LogP contribution in [-0.4, -0.2) is 51.8 Å². The number of amides is 2. The fourth-order valence-electron chi connectivity index (χ4n) is 2.98. The molecule has 0 aliphatic carbocycles. The van der Waals surface area contributed by atoms with Crippen LogP contribution in [0.15, 0.2) is 37.4 Å². The van der Waals surface area contributed by atoms with E-state index in [0.717, 1.165) is 22.3 Å². The van der Waals surface area contributed by atoms with Crippen LogP contribution in [0.2, 0.25) is 0 Å². The summed E-state index contributed by atoms with van der Waals surface area (Å²) in [5, 5.41) is 5.54. The highest BCUT2D eigenvalue weighted by Gasteiger charge is 2.13. The molecule has 8 nitrogen and oxygen atoms in total. The van der Waals surface area contributed by atoms with E-state index in [2.05, 4.69) is 29.9 Å². The van der Waals surface area contributed by atoms with Gasteiger partial charge in [0, 0.05) is 13.1 Å². The van der Waals surface area contributed by atoms with Crippen molar-refractivity contribution in [3.8, 4) is 0 Å². The van der Waals surface area contributed by atoms with E-state index in [0.29, 0.717) is 65.6 Å². The van der Waals surface area contributed by atoms with Crippen molar-refractivity contribution in [1.29, 1.82) is 0 Å². The normalized spacial score (nSPS) is 10.3. The van der Waals surface area contributed by atoms with Gasteiger partial charge in [0.2, 0.25) is 0 Å². The third-order valence-corrected chi connectivity index (χ3v) is 4.42. The Kier molecular flexibility index (Phi) is 14.3. The summed E-state index contributed by atoms with van der Waals surface area (Å²) in [6.45, 7) is 14.0. The minimum absolute atomic E-state index is 0.298. The standard InChI is InChI=1S/C24H36N2O6/c1-5-11-29-13-9-19-15-20(10-14-30-12-6-2)22(18-26-24(28)32-8-4)16-21(19)17-25-23(27)31-7-3/h5-6,15-16H,1-2,7-14,17-18H2,3-4H3,(H,25,27)(H,26,28). The van der Waals surface area contributed by atoms with Gasteiger partial charge in [0.25, 0.3) is 0 Å². The molecule has 0 bridgehead atoms. The average Bonchev–Trinajstić information content (AvgIpc) is 2.78. The Hall–Kier alpha value is -2.84. The molecule has 0 radical (unpaired) electrons. The van der Waals surface area contributed by atoms with Crippen LogP contribution in [0.1, 0.15) is 36.1 Å². The Morgan fingerprint density at radius 1 is 0.781 bits per heavy atom. The first-order valence-corrected chi connectivity index (χ1v) is 10.9. The molecule has 0 atom stereocenters. The van der Waals surface area contributed by atoms with Crippen molar-refractivity contribution in [3.05, 3.63) is 59.7 Å². The molecule has 0 aliphatic rings. The number of rotatable bonds is 16. The lowest BCUT2D eigenvalue weighted by Crippen LogP contribution is -2.26. The summed E-state index contributed by atoms with van der Waals surface area (Å²) in [4.78, 5) is 23.6. The first kappa shape index (κ1) is 27.2. The van der Waals surface area contributed by atoms with Gasteiger partial charge in [-0.1, -0.05) is 24.3 Å². The summed E-state index contributed by atoms with van der Waals surface area (Å²) >= 11 is 0. The third-order valence-electron chi connectivity index (χ3n) is 4.42. The highest BCUT2D eigenvalue weighted by molar-refractivity contribution is 5.68. The van der Waals surface area contributed by atoms with Gasteiger partial charge in [-0.25, -0.2) is 9.59 Å². The molecule has 1 aromatic rings. The van der Waals surface area contributed by atoms with Gasteiger partial charge < -0.3 is 29.6 Å². The Balaban J connectivity index is 3.10. The maximum Gasteiger partial charge on any atom is 0.407 e. The third kappa shape index (κ3) is 11.0. The smallest absolute Gasteiger partial charge is 0.407 e. The molecular weight excluding hydrogens is 412 g/mol. The lowest BCUT2D eigenvalue weighted by molar-refractivity contribution is 0.151. The second-order valence-electron chi connectivity index (χ2n) is 6.76. The predicted molar refractivity (Wildman–Crippen MR) is 124 cm³/mol. The van der Waals surface area contributed by atoms with E-state index >= 15 is 0 Å². The van der Waals surface area contributed by atoms with Gasteiger partial charge in [-0.05, 0) is 48.9 Å². The molecule has 0 aromatic heterocycles. The van der Waals surface area contributed by atoms with Crippen LogP contribution >= 0.6 is 0 Å². The summed E-state index contributed by atoms with van der Waals surface area (Å²) in [6.07, 6.45) is 3.79. The van der Waals surface area contributed by atoms with Crippen molar-refractivity contribution in [2.45, 2.75) is 39.8 Å². The van der Waals surface area contributed by atoms with Crippen LogP contribution in [0.3, 0.4) is 0 Å². The number of ether oxygens (including phenoxy) is 4. The maximum atomic E-state index is 11.8. The molecule has 0 unspecified atom stereocenters. The van der Waals surface area contributed by atoms with E-state index in [4.69, 9.17) is 18.9 Å². The summed E-state index contributed by atoms with van der Waals surface area (Å²) in [5.41, 5.74) is 3.95. The molecule has 0 spiro atoms. The maximum absolute atomic E-state index is 11.8. The molecule has 178 valence electrons. The second kappa shape index (κ2) is 16.8. The lowest BCUT2D eigenvalue weighted by Gasteiger charge is -2.18. The quantitative estimate of drug-likeness (QED) is 0.296. The van der Waals surface area contributed by atoms with Crippen LogP contribution in [-0.2, 0) is 44.9 Å². The van der Waals surface area contributed by atoms with Crippen molar-refractivity contribution < 1.29 is 28.5 Å². The SMILES string of the molecule is C=CCOCCc1cc(CCOCC=C)c(CNC(=O)OCC)cc1CNC(=O)OCC. The number of hydrogen-bond acceptors (Lipinski definition) is 6. The molecule has 0 fully saturated rings. The summed E-state index contributed by atoms with van der Waals surface area (Å²) in [6, 6.07) is 4.07. The molecule has 8 heteroatoms. The van der Waals surface area contributed by atoms with Gasteiger partial charge in [-0.2, -0.15) is 0 Å². The lowest BCUT2D eigenvalue weighted by atomic mass is 9.94. The van der Waals surface area contributed by atoms with Crippen molar-refractivity contribution >= 4 is 12.2 Å². The van der Waals surface area contributed by atoms with Crippen molar-refractivity contribution in [1.82, 2.24) is 10.6 Å². The molecule has 2 amide bonds. The van der Waals surface area contributed by atoms with Crippen LogP contribution < -0.4 is 10.6 Å². The summed E-state index contributed by atoms with van der Waals surface area (Å²) in [5.74, 6) is 0. The Morgan fingerprint density at radius 3 is 1.56 bits per heavy atom. The van der Waals surface area contributed by atoms with E-state index in [1.54, 1.807) is 26.0 Å². The van der Waals surface area contributed by atoms with Gasteiger partial charge in [-0.15, -0.1) is 13.2 Å². The van der Waals surface area contributed by atoms with E-state index in [9.17, 15) is 9.59 Å². The number of hydrogen-bond donors (Lipinski definition) is 2. The minimum Gasteiger partial charge on any atom is -0.450 e. The first-order chi connectivity index (χ1) is 15.5. The van der Waals surface area contributed by atoms with Crippen molar-refractivity contribution in [2.75, 3.05) is 39.6 Å². The Bertz CT molecular complexity index is 678. The largest absolute Gasteiger partial charge is 0.450 e. The second-order valence-corrected chi connectivity index (χ2v) is 6.76. The fourth-order valence-corrected chi connectivity index (χ4v) is 2.98. The van der Waals surface area contributed by atoms with Crippen LogP contribution in [0.4, 0.5) is 9.59 Å². The Labute approximate surface area is 190 Å². The number of nitrogens with one attached hydrogen (secondary N) is 2. The van der Waals surface area contributed by atoms with Gasteiger partial charge in [0.15, 0.2) is 0 Å². The summed E-state index contributed by atoms with van der Waals surface area (Å²) < 4.78 is 21.0. The predicted octanol–water partition coefficient (Wildman–Crippen LogP) is 3.67. The highest BCUT2D eigenvalue weighted by Crippen LogP contribution is 2.20. The molecular formula is C24H36N2O6. The molecule has 1 rings (SSSR count). The van der Waals surface area contributed by atoms with Gasteiger partial charge in [-0.3, -0.25) is 0 Å². The van der Waals surface area contributed by atoms with E-state index in [1.165, 1.54) is 0 Å². The zero-order valence-corrected chi connectivity index (χ0v) is 19.2. The van der Waals surface area contributed by atoms with E-state index < -0.39 is 12.2 Å². The molecule has 0 heterocycles. The molecule has 0 aliphatic heterocycles. The zero-order chi connectivity index (χ0) is 23.6. The average molecular weight is 449 g/mol. The van der Waals surface area contributed by atoms with Crippen LogP contribution in [0.5, 0.6) is 0 Å². The van der Waals surface area contributed by atoms with Gasteiger partial charge in [0.05, 0.1) is 39.6 Å². The monoisotopic (exact) mass is 448 g/mol. The van der Waals surface area contributed by atoms with Crippen molar-refractivity contribution in [2.24, 2.45) is 0 Å². The minimum atomic E-state index is -0.477. The molecule has 0 saturated carbocycles. The van der Waals surface area contributed by atoms with Crippen LogP contribution in [0, 0.1) is 0 Å². The zero-order valence-electron chi connectivity index (χ0n) is 19.2. The highest BCUT2D eigenvalue weighted by atomic mass is 16.6. The fraction of sp³-hybridized carbons (Fsp3) is 0.500. The van der Waals surface area contributed by atoms with Gasteiger partial charge in [0.1, 0.15) is 0 Å². The first-order valence-electron chi connectivity index (χ1n) is 10.9. The van der Waals surface area contributed by atoms with Gasteiger partial charge >= 0.3 is 12.2 Å². The number of alkyl carbamates (subject to hydrolysis) is 2. The molecule has 0 saturated heterocycles. The molecule has 2 N–H and O–H groups in total. The van der Waals surface area contributed by atoms with Crippen molar-refractivity contribution in [3.63, 3.8) is 0 Å². The number of carbonyl (C=O) groups is 2. The topological polar surface area (TPSA) is 95.1 Å². The molecule has 32 heavy (non-hydrogen) atoms. The summed E-state index contributed by atoms with van der Waals surface area (Å²) in [7, 11) is 0. The Morgan fingerprint density at radius 2 is 1.19 bits per heavy atom.